The van der Waals surface area contributed by atoms with Crippen LogP contribution in [0.3, 0.4) is 0 Å². The molecule has 0 fully saturated rings. The molecule has 0 unspecified atom stereocenters. The fraction of sp³-hybridized carbons (Fsp3) is 0.737. The van der Waals surface area contributed by atoms with Gasteiger partial charge in [0.15, 0.2) is 0 Å². The third kappa shape index (κ3) is 15.4. The molecule has 0 radical (unpaired) electrons. The molecule has 11 nitrogen and oxygen atoms in total. The standard InChI is InChI=1S/C19H36N3O8PS/c1-4-5-6-7-14(32)12-16(24)21-11-10-20-15(23)8-9-22-18(26)17(25)19(2,3)13-30-31(27,28)29/h12,17,25,32H,4-11,13H2,1-3H3,(H,20,23)(H,21,24)(H,22,26)(H2,27,28,29)/b14-12+/t17-/m0/s1. The number of phosphoric ester groups is 1. The van der Waals surface area contributed by atoms with Crippen LogP contribution >= 0.6 is 20.5 Å². The van der Waals surface area contributed by atoms with E-state index < -0.39 is 31.9 Å². The van der Waals surface area contributed by atoms with Crippen LogP contribution in [0.15, 0.2) is 11.0 Å². The number of phosphoric acid groups is 1. The lowest BCUT2D eigenvalue weighted by molar-refractivity contribution is -0.137. The Morgan fingerprint density at radius 2 is 1.69 bits per heavy atom. The summed E-state index contributed by atoms with van der Waals surface area (Å²) < 4.78 is 15.1. The number of aliphatic hydroxyl groups excluding tert-OH is 1. The van der Waals surface area contributed by atoms with Crippen molar-refractivity contribution in [3.05, 3.63) is 11.0 Å². The zero-order chi connectivity index (χ0) is 24.8. The van der Waals surface area contributed by atoms with Gasteiger partial charge < -0.3 is 30.8 Å². The average Bonchev–Trinajstić information content (AvgIpc) is 2.68. The van der Waals surface area contributed by atoms with E-state index in [0.717, 1.165) is 25.7 Å². The van der Waals surface area contributed by atoms with Crippen LogP contribution in [0.1, 0.15) is 52.9 Å². The minimum absolute atomic E-state index is 0.0486. The first kappa shape index (κ1) is 30.6. The van der Waals surface area contributed by atoms with Crippen LogP contribution in [0.5, 0.6) is 0 Å². The van der Waals surface area contributed by atoms with Gasteiger partial charge in [0, 0.05) is 37.5 Å². The van der Waals surface area contributed by atoms with Crippen molar-refractivity contribution >= 4 is 38.2 Å². The summed E-state index contributed by atoms with van der Waals surface area (Å²) in [6, 6.07) is 0. The monoisotopic (exact) mass is 497 g/mol. The topological polar surface area (TPSA) is 174 Å². The highest BCUT2D eigenvalue weighted by Crippen LogP contribution is 2.38. The average molecular weight is 498 g/mol. The van der Waals surface area contributed by atoms with Crippen molar-refractivity contribution in [2.75, 3.05) is 26.2 Å². The zero-order valence-electron chi connectivity index (χ0n) is 18.8. The number of aliphatic hydroxyl groups is 1. The SMILES string of the molecule is CCCCC/C(S)=C\C(=O)NCCNC(=O)CCNC(=O)[C@H](O)C(C)(C)COP(=O)(O)O. The predicted octanol–water partition coefficient (Wildman–Crippen LogP) is 0.616. The molecule has 0 aromatic carbocycles. The maximum absolute atomic E-state index is 12.0. The molecular weight excluding hydrogens is 461 g/mol. The van der Waals surface area contributed by atoms with Crippen LogP contribution in [0.4, 0.5) is 0 Å². The molecule has 0 bridgehead atoms. The van der Waals surface area contributed by atoms with Crippen LogP contribution in [-0.4, -0.2) is 65.0 Å². The van der Waals surface area contributed by atoms with Gasteiger partial charge in [-0.05, 0) is 17.7 Å². The van der Waals surface area contributed by atoms with Gasteiger partial charge in [-0.15, -0.1) is 12.6 Å². The lowest BCUT2D eigenvalue weighted by atomic mass is 9.87. The highest BCUT2D eigenvalue weighted by Gasteiger charge is 2.35. The van der Waals surface area contributed by atoms with Gasteiger partial charge >= 0.3 is 7.82 Å². The van der Waals surface area contributed by atoms with Gasteiger partial charge in [0.05, 0.1) is 6.61 Å². The third-order valence-electron chi connectivity index (χ3n) is 4.33. The molecule has 186 valence electrons. The van der Waals surface area contributed by atoms with Crippen molar-refractivity contribution in [3.63, 3.8) is 0 Å². The second-order valence-corrected chi connectivity index (χ2v) is 9.74. The Labute approximate surface area is 194 Å². The normalized spacial score (nSPS) is 13.4. The number of carbonyl (C=O) groups excluding carboxylic acids is 3. The largest absolute Gasteiger partial charge is 0.469 e. The molecular formula is C19H36N3O8PS. The smallest absolute Gasteiger partial charge is 0.383 e. The van der Waals surface area contributed by atoms with E-state index in [9.17, 15) is 24.1 Å². The maximum atomic E-state index is 12.0. The second kappa shape index (κ2) is 15.4. The Hall–Kier alpha value is -1.43. The lowest BCUT2D eigenvalue weighted by Crippen LogP contribution is -2.46. The van der Waals surface area contributed by atoms with Gasteiger partial charge in [0.2, 0.25) is 17.7 Å². The zero-order valence-corrected chi connectivity index (χ0v) is 20.6. The lowest BCUT2D eigenvalue weighted by Gasteiger charge is -2.29. The Morgan fingerprint density at radius 3 is 2.28 bits per heavy atom. The third-order valence-corrected chi connectivity index (χ3v) is 5.14. The van der Waals surface area contributed by atoms with Crippen LogP contribution in [-0.2, 0) is 23.5 Å². The molecule has 0 aromatic rings. The minimum atomic E-state index is -4.73. The number of rotatable bonds is 16. The summed E-state index contributed by atoms with van der Waals surface area (Å²) in [7, 11) is -4.73. The van der Waals surface area contributed by atoms with E-state index in [1.807, 2.05) is 0 Å². The number of unbranched alkanes of at least 4 members (excludes halogenated alkanes) is 2. The van der Waals surface area contributed by atoms with E-state index in [1.54, 1.807) is 0 Å². The second-order valence-electron chi connectivity index (χ2n) is 7.93. The maximum Gasteiger partial charge on any atom is 0.469 e. The molecule has 6 N–H and O–H groups in total. The van der Waals surface area contributed by atoms with Crippen molar-refractivity contribution in [3.8, 4) is 0 Å². The van der Waals surface area contributed by atoms with E-state index >= 15 is 0 Å². The van der Waals surface area contributed by atoms with E-state index in [4.69, 9.17) is 9.79 Å². The van der Waals surface area contributed by atoms with Crippen LogP contribution in [0.25, 0.3) is 0 Å². The summed E-state index contributed by atoms with van der Waals surface area (Å²) in [6.07, 6.45) is 3.66. The van der Waals surface area contributed by atoms with Crippen LogP contribution < -0.4 is 16.0 Å². The van der Waals surface area contributed by atoms with Crippen molar-refractivity contribution in [1.29, 1.82) is 0 Å². The fourth-order valence-electron chi connectivity index (χ4n) is 2.39. The summed E-state index contributed by atoms with van der Waals surface area (Å²) in [5, 5.41) is 17.7. The molecule has 0 heterocycles. The molecule has 13 heteroatoms. The van der Waals surface area contributed by atoms with E-state index in [2.05, 4.69) is 40.0 Å². The van der Waals surface area contributed by atoms with Gasteiger partial charge in [-0.2, -0.15) is 0 Å². The Balaban J connectivity index is 4.10. The highest BCUT2D eigenvalue weighted by atomic mass is 32.1. The molecule has 0 saturated carbocycles. The number of hydrogen-bond acceptors (Lipinski definition) is 7. The quantitative estimate of drug-likeness (QED) is 0.0703. The molecule has 0 aliphatic heterocycles. The van der Waals surface area contributed by atoms with Crippen LogP contribution in [0.2, 0.25) is 0 Å². The molecule has 0 spiro atoms. The number of hydrogen-bond donors (Lipinski definition) is 7. The highest BCUT2D eigenvalue weighted by molar-refractivity contribution is 7.84. The van der Waals surface area contributed by atoms with Crippen LogP contribution in [0, 0.1) is 5.41 Å². The molecule has 3 amide bonds. The van der Waals surface area contributed by atoms with Gasteiger partial charge in [-0.1, -0.05) is 33.6 Å². The number of thiol groups is 1. The van der Waals surface area contributed by atoms with Crippen molar-refractivity contribution in [1.82, 2.24) is 16.0 Å². The summed E-state index contributed by atoms with van der Waals surface area (Å²) in [5.74, 6) is -1.44. The molecule has 1 atom stereocenters. The van der Waals surface area contributed by atoms with E-state index in [0.29, 0.717) is 4.91 Å². The summed E-state index contributed by atoms with van der Waals surface area (Å²) in [6.45, 7) is 4.76. The van der Waals surface area contributed by atoms with E-state index in [1.165, 1.54) is 19.9 Å². The molecule has 0 rings (SSSR count). The Bertz CT molecular complexity index is 696. The summed E-state index contributed by atoms with van der Waals surface area (Å²) >= 11 is 4.27. The van der Waals surface area contributed by atoms with Crippen molar-refractivity contribution in [2.24, 2.45) is 5.41 Å². The summed E-state index contributed by atoms with van der Waals surface area (Å²) in [4.78, 5) is 53.7. The van der Waals surface area contributed by atoms with Crippen molar-refractivity contribution in [2.45, 2.75) is 59.0 Å². The minimum Gasteiger partial charge on any atom is -0.383 e. The molecule has 0 aliphatic carbocycles. The molecule has 0 aliphatic rings. The summed E-state index contributed by atoms with van der Waals surface area (Å²) in [5.41, 5.74) is -1.26. The number of allylic oxidation sites excluding steroid dienone is 1. The molecule has 32 heavy (non-hydrogen) atoms. The number of amides is 3. The number of carbonyl (C=O) groups is 3. The fourth-order valence-corrected chi connectivity index (χ4v) is 3.16. The first-order valence-electron chi connectivity index (χ1n) is 10.4. The van der Waals surface area contributed by atoms with Gasteiger partial charge in [-0.3, -0.25) is 18.9 Å². The molecule has 0 saturated heterocycles. The van der Waals surface area contributed by atoms with Crippen molar-refractivity contribution < 1.29 is 38.4 Å². The Morgan fingerprint density at radius 1 is 1.06 bits per heavy atom. The molecule has 0 aromatic heterocycles. The van der Waals surface area contributed by atoms with Gasteiger partial charge in [0.1, 0.15) is 6.10 Å². The van der Waals surface area contributed by atoms with Gasteiger partial charge in [0.25, 0.3) is 0 Å². The predicted molar refractivity (Wildman–Crippen MR) is 123 cm³/mol. The van der Waals surface area contributed by atoms with Gasteiger partial charge in [-0.25, -0.2) is 4.57 Å². The first-order valence-corrected chi connectivity index (χ1v) is 12.4. The van der Waals surface area contributed by atoms with E-state index in [-0.39, 0.29) is 37.9 Å². The Kier molecular flexibility index (Phi) is 14.7. The number of nitrogens with one attached hydrogen (secondary N) is 3. The first-order chi connectivity index (χ1) is 14.8.